The number of hydrogen-bond acceptors (Lipinski definition) is 8. The van der Waals surface area contributed by atoms with E-state index in [0.717, 1.165) is 31.0 Å². The number of non-ortho nitro benzene ring substituents is 1. The van der Waals surface area contributed by atoms with Crippen LogP contribution in [0.1, 0.15) is 56.9 Å². The average molecular weight is 549 g/mol. The highest BCUT2D eigenvalue weighted by Gasteiger charge is 2.25. The number of rotatable bonds is 15. The van der Waals surface area contributed by atoms with Gasteiger partial charge in [-0.25, -0.2) is 0 Å². The Balaban J connectivity index is 2.05. The molecule has 37 heavy (non-hydrogen) atoms. The molecule has 2 rings (SSSR count). The fourth-order valence-corrected chi connectivity index (χ4v) is 4.49. The molecule has 0 aliphatic heterocycles. The van der Waals surface area contributed by atoms with E-state index in [-0.39, 0.29) is 34.7 Å². The van der Waals surface area contributed by atoms with Crippen molar-refractivity contribution in [2.24, 2.45) is 0 Å². The Morgan fingerprint density at radius 2 is 1.43 bits per heavy atom. The summed E-state index contributed by atoms with van der Waals surface area (Å²) in [5.41, 5.74) is 4.53. The summed E-state index contributed by atoms with van der Waals surface area (Å²) < 4.78 is 70.0. The number of nitro groups is 2. The molecule has 0 bridgehead atoms. The highest BCUT2D eigenvalue weighted by atomic mass is 32.2. The van der Waals surface area contributed by atoms with Crippen LogP contribution in [-0.2, 0) is 16.5 Å². The van der Waals surface area contributed by atoms with Crippen LogP contribution in [0.25, 0.3) is 0 Å². The number of nitrogens with zero attached hydrogens (tertiary/aromatic N) is 2. The van der Waals surface area contributed by atoms with Gasteiger partial charge in [0.05, 0.1) is 26.5 Å². The van der Waals surface area contributed by atoms with Crippen molar-refractivity contribution in [3.05, 3.63) is 62.2 Å². The first-order chi connectivity index (χ1) is 17.3. The molecule has 0 fully saturated rings. The Hall–Kier alpha value is -3.46. The normalized spacial score (nSPS) is 11.8. The van der Waals surface area contributed by atoms with Crippen molar-refractivity contribution in [2.45, 2.75) is 68.9 Å². The second-order valence-corrected chi connectivity index (χ2v) is 9.70. The fraction of sp³-hybridized carbons (Fsp3) is 0.455. The number of hydrogen-bond donors (Lipinski definition) is 3. The number of anilines is 2. The van der Waals surface area contributed by atoms with Crippen LogP contribution < -0.4 is 10.9 Å². The second-order valence-electron chi connectivity index (χ2n) is 8.31. The van der Waals surface area contributed by atoms with E-state index in [1.807, 2.05) is 0 Å². The summed E-state index contributed by atoms with van der Waals surface area (Å²) in [6.45, 7) is 0. The van der Waals surface area contributed by atoms with E-state index in [4.69, 9.17) is 0 Å². The number of halogens is 3. The van der Waals surface area contributed by atoms with Gasteiger partial charge in [0.1, 0.15) is 5.69 Å². The summed E-state index contributed by atoms with van der Waals surface area (Å²) in [4.78, 5) is 20.3. The molecule has 204 valence electrons. The van der Waals surface area contributed by atoms with Crippen LogP contribution in [-0.4, -0.2) is 29.0 Å². The zero-order valence-electron chi connectivity index (χ0n) is 19.7. The molecule has 2 aromatic rings. The molecule has 3 N–H and O–H groups in total. The van der Waals surface area contributed by atoms with Crippen LogP contribution in [0.2, 0.25) is 0 Å². The van der Waals surface area contributed by atoms with Crippen LogP contribution in [0.5, 0.6) is 0 Å². The number of nitro benzene ring substituents is 2. The largest absolute Gasteiger partial charge is 0.389 e. The molecule has 0 radical (unpaired) electrons. The highest BCUT2D eigenvalue weighted by Crippen LogP contribution is 2.31. The molecule has 0 spiro atoms. The van der Waals surface area contributed by atoms with Gasteiger partial charge in [0, 0.05) is 12.5 Å². The van der Waals surface area contributed by atoms with E-state index in [9.17, 15) is 46.4 Å². The molecule has 11 nitrogen and oxygen atoms in total. The SMILES string of the molecule is O=[N+]([O-])c1ccc(NNc2cccc(S(=O)(=O)O)c2CCCCCCCCCC(F)(F)F)c([N+](=O)[O-])c1. The highest BCUT2D eigenvalue weighted by molar-refractivity contribution is 7.85. The summed E-state index contributed by atoms with van der Waals surface area (Å²) in [7, 11) is -4.59. The maximum atomic E-state index is 12.2. The van der Waals surface area contributed by atoms with Gasteiger partial charge < -0.3 is 5.43 Å². The third-order valence-corrected chi connectivity index (χ3v) is 6.46. The van der Waals surface area contributed by atoms with Gasteiger partial charge in [-0.05, 0) is 43.0 Å². The molecule has 0 unspecified atom stereocenters. The van der Waals surface area contributed by atoms with Crippen molar-refractivity contribution in [2.75, 3.05) is 10.9 Å². The molecule has 2 aromatic carbocycles. The first-order valence-electron chi connectivity index (χ1n) is 11.4. The zero-order valence-corrected chi connectivity index (χ0v) is 20.5. The van der Waals surface area contributed by atoms with Crippen LogP contribution in [0, 0.1) is 20.2 Å². The molecular weight excluding hydrogens is 521 g/mol. The topological polar surface area (TPSA) is 165 Å². The van der Waals surface area contributed by atoms with Crippen LogP contribution in [0.15, 0.2) is 41.3 Å². The van der Waals surface area contributed by atoms with Crippen molar-refractivity contribution >= 4 is 32.9 Å². The van der Waals surface area contributed by atoms with E-state index in [0.29, 0.717) is 25.7 Å². The van der Waals surface area contributed by atoms with Gasteiger partial charge in [0.25, 0.3) is 15.8 Å². The standard InChI is InChI=1S/C22H27F3N4O7S/c23-22(24,25)14-7-5-3-1-2-4-6-9-17-18(10-8-11-21(17)37(34,35)36)26-27-19-13-12-16(28(30)31)15-20(19)29(32)33/h8,10-13,15,26-27H,1-7,9,14H2,(H,34,35,36). The number of alkyl halides is 3. The van der Waals surface area contributed by atoms with Gasteiger partial charge in [0.2, 0.25) is 0 Å². The van der Waals surface area contributed by atoms with Gasteiger partial charge >= 0.3 is 11.9 Å². The smallest absolute Gasteiger partial charge is 0.300 e. The lowest BCUT2D eigenvalue weighted by Crippen LogP contribution is -2.14. The Morgan fingerprint density at radius 1 is 0.838 bits per heavy atom. The van der Waals surface area contributed by atoms with Crippen LogP contribution in [0.3, 0.4) is 0 Å². The Bertz CT molecular complexity index is 1210. The van der Waals surface area contributed by atoms with Crippen molar-refractivity contribution in [1.29, 1.82) is 0 Å². The third-order valence-electron chi connectivity index (χ3n) is 5.52. The van der Waals surface area contributed by atoms with E-state index < -0.39 is 43.9 Å². The summed E-state index contributed by atoms with van der Waals surface area (Å²) in [6.07, 6.45) is -0.874. The van der Waals surface area contributed by atoms with Crippen molar-refractivity contribution in [3.8, 4) is 0 Å². The molecule has 15 heteroatoms. The first kappa shape index (κ1) is 29.8. The van der Waals surface area contributed by atoms with E-state index >= 15 is 0 Å². The number of nitrogens with one attached hydrogen (secondary N) is 2. The van der Waals surface area contributed by atoms with Gasteiger partial charge in [-0.3, -0.25) is 30.2 Å². The predicted octanol–water partition coefficient (Wildman–Crippen LogP) is 6.41. The second kappa shape index (κ2) is 13.2. The zero-order chi connectivity index (χ0) is 27.6. The van der Waals surface area contributed by atoms with E-state index in [2.05, 4.69) is 10.9 Å². The molecule has 0 aromatic heterocycles. The molecule has 0 aliphatic rings. The lowest BCUT2D eigenvalue weighted by Gasteiger charge is -2.16. The quantitative estimate of drug-likeness (QED) is 0.0986. The van der Waals surface area contributed by atoms with E-state index in [1.165, 1.54) is 18.2 Å². The maximum Gasteiger partial charge on any atom is 0.389 e. The number of benzene rings is 2. The lowest BCUT2D eigenvalue weighted by molar-refractivity contribution is -0.393. The minimum atomic E-state index is -4.59. The Kier molecular flexibility index (Phi) is 10.6. The van der Waals surface area contributed by atoms with E-state index in [1.54, 1.807) is 0 Å². The number of unbranched alkanes of at least 4 members (excludes halogenated alkanes) is 6. The maximum absolute atomic E-state index is 12.2. The average Bonchev–Trinajstić information content (AvgIpc) is 2.80. The molecule has 0 heterocycles. The minimum Gasteiger partial charge on any atom is -0.300 e. The first-order valence-corrected chi connectivity index (χ1v) is 12.8. The van der Waals surface area contributed by atoms with Gasteiger partial charge in [0.15, 0.2) is 0 Å². The lowest BCUT2D eigenvalue weighted by atomic mass is 10.0. The van der Waals surface area contributed by atoms with Gasteiger partial charge in [-0.15, -0.1) is 0 Å². The van der Waals surface area contributed by atoms with Crippen molar-refractivity contribution in [1.82, 2.24) is 0 Å². The Morgan fingerprint density at radius 3 is 2.00 bits per heavy atom. The van der Waals surface area contributed by atoms with Gasteiger partial charge in [-0.2, -0.15) is 21.6 Å². The van der Waals surface area contributed by atoms with Crippen LogP contribution >= 0.6 is 0 Å². The molecule has 0 saturated carbocycles. The molecule has 0 saturated heterocycles. The third kappa shape index (κ3) is 9.84. The summed E-state index contributed by atoms with van der Waals surface area (Å²) in [5, 5.41) is 22.3. The fourth-order valence-electron chi connectivity index (χ4n) is 3.72. The van der Waals surface area contributed by atoms with Crippen molar-refractivity contribution < 1.29 is 36.0 Å². The summed E-state index contributed by atoms with van der Waals surface area (Å²) >= 11 is 0. The van der Waals surface area contributed by atoms with Gasteiger partial charge in [-0.1, -0.05) is 38.2 Å². The molecule has 0 amide bonds. The molecule has 0 aliphatic carbocycles. The molecule has 0 atom stereocenters. The number of hydrazine groups is 1. The monoisotopic (exact) mass is 548 g/mol. The van der Waals surface area contributed by atoms with Crippen molar-refractivity contribution in [3.63, 3.8) is 0 Å². The minimum absolute atomic E-state index is 0.0835. The summed E-state index contributed by atoms with van der Waals surface area (Å²) in [6, 6.07) is 7.05. The Labute approximate surface area is 211 Å². The summed E-state index contributed by atoms with van der Waals surface area (Å²) in [5.74, 6) is 0. The molecular formula is C22H27F3N4O7S. The van der Waals surface area contributed by atoms with Crippen LogP contribution in [0.4, 0.5) is 35.9 Å². The predicted molar refractivity (Wildman–Crippen MR) is 130 cm³/mol.